The second-order valence-electron chi connectivity index (χ2n) is 3.66. The molecule has 0 unspecified atom stereocenters. The Hall–Kier alpha value is -1.61. The van der Waals surface area contributed by atoms with E-state index in [-0.39, 0.29) is 0 Å². The maximum atomic E-state index is 5.88. The van der Waals surface area contributed by atoms with Gasteiger partial charge < -0.3 is 5.32 Å². The molecule has 1 N–H and O–H groups in total. The number of aryl methyl sites for hydroxylation is 1. The van der Waals surface area contributed by atoms with Crippen molar-refractivity contribution in [2.45, 2.75) is 19.2 Å². The molecule has 2 rings (SSSR count). The van der Waals surface area contributed by atoms with Gasteiger partial charge in [0, 0.05) is 23.3 Å². The van der Waals surface area contributed by atoms with Gasteiger partial charge in [-0.3, -0.25) is 0 Å². The average molecular weight is 248 g/mol. The van der Waals surface area contributed by atoms with Gasteiger partial charge in [-0.25, -0.2) is 9.97 Å². The first-order valence-electron chi connectivity index (χ1n) is 5.55. The van der Waals surface area contributed by atoms with Crippen molar-refractivity contribution >= 4 is 23.1 Å². The van der Waals surface area contributed by atoms with Gasteiger partial charge in [0.1, 0.15) is 12.1 Å². The highest BCUT2D eigenvalue weighted by molar-refractivity contribution is 6.17. The monoisotopic (exact) mass is 247 g/mol. The van der Waals surface area contributed by atoms with E-state index in [0.29, 0.717) is 5.88 Å². The highest BCUT2D eigenvalue weighted by Gasteiger charge is 2.02. The predicted molar refractivity (Wildman–Crippen MR) is 70.7 cm³/mol. The number of benzene rings is 1. The molecule has 0 aliphatic rings. The molecule has 0 spiro atoms. The Balaban J connectivity index is 2.24. The van der Waals surface area contributed by atoms with Crippen LogP contribution < -0.4 is 5.32 Å². The van der Waals surface area contributed by atoms with Crippen LogP contribution in [-0.4, -0.2) is 9.97 Å². The van der Waals surface area contributed by atoms with Gasteiger partial charge in [-0.1, -0.05) is 25.1 Å². The Bertz CT molecular complexity index is 500. The lowest BCUT2D eigenvalue weighted by Crippen LogP contribution is -1.98. The van der Waals surface area contributed by atoms with Crippen molar-refractivity contribution < 1.29 is 0 Å². The van der Waals surface area contributed by atoms with Gasteiger partial charge in [0.05, 0.1) is 0 Å². The lowest BCUT2D eigenvalue weighted by molar-refractivity contribution is 1.00. The first kappa shape index (κ1) is 11.9. The Morgan fingerprint density at radius 1 is 1.24 bits per heavy atom. The summed E-state index contributed by atoms with van der Waals surface area (Å²) in [5.41, 5.74) is 3.07. The van der Waals surface area contributed by atoms with Crippen LogP contribution in [0.2, 0.25) is 0 Å². The summed E-state index contributed by atoms with van der Waals surface area (Å²) in [5, 5.41) is 3.26. The fourth-order valence-electron chi connectivity index (χ4n) is 1.56. The summed E-state index contributed by atoms with van der Waals surface area (Å²) in [6.07, 6.45) is 2.47. The molecule has 88 valence electrons. The van der Waals surface area contributed by atoms with E-state index >= 15 is 0 Å². The van der Waals surface area contributed by atoms with Gasteiger partial charge in [-0.2, -0.15) is 0 Å². The maximum Gasteiger partial charge on any atom is 0.133 e. The summed E-state index contributed by atoms with van der Waals surface area (Å²) in [7, 11) is 0. The van der Waals surface area contributed by atoms with E-state index in [0.717, 1.165) is 29.2 Å². The lowest BCUT2D eigenvalue weighted by atomic mass is 10.2. The van der Waals surface area contributed by atoms with E-state index in [1.165, 1.54) is 0 Å². The number of nitrogens with one attached hydrogen (secondary N) is 1. The van der Waals surface area contributed by atoms with Gasteiger partial charge in [0.2, 0.25) is 0 Å². The minimum atomic E-state index is 0.481. The van der Waals surface area contributed by atoms with E-state index < -0.39 is 0 Å². The molecule has 2 aromatic rings. The molecule has 0 saturated carbocycles. The molecule has 1 aromatic carbocycles. The molecule has 0 saturated heterocycles. The minimum absolute atomic E-state index is 0.481. The van der Waals surface area contributed by atoms with Gasteiger partial charge in [-0.05, 0) is 18.1 Å². The number of nitrogens with zero attached hydrogens (tertiary/aromatic N) is 2. The smallest absolute Gasteiger partial charge is 0.133 e. The number of halogens is 1. The van der Waals surface area contributed by atoms with Crippen LogP contribution in [0.25, 0.3) is 0 Å². The van der Waals surface area contributed by atoms with Crippen molar-refractivity contribution in [1.82, 2.24) is 9.97 Å². The van der Waals surface area contributed by atoms with Crippen molar-refractivity contribution in [3.8, 4) is 0 Å². The Morgan fingerprint density at radius 3 is 2.82 bits per heavy atom. The summed E-state index contributed by atoms with van der Waals surface area (Å²) in [6.45, 7) is 2.07. The third kappa shape index (κ3) is 2.94. The van der Waals surface area contributed by atoms with Gasteiger partial charge in [0.25, 0.3) is 0 Å². The SMILES string of the molecule is CCc1cc(Nc2ccccc2CCl)ncn1. The topological polar surface area (TPSA) is 37.8 Å². The highest BCUT2D eigenvalue weighted by atomic mass is 35.5. The molecule has 3 nitrogen and oxygen atoms in total. The van der Waals surface area contributed by atoms with Crippen molar-refractivity contribution in [3.05, 3.63) is 47.9 Å². The van der Waals surface area contributed by atoms with E-state index in [2.05, 4.69) is 22.2 Å². The molecule has 0 amide bonds. The third-order valence-electron chi connectivity index (χ3n) is 2.51. The van der Waals surface area contributed by atoms with Crippen LogP contribution in [0.5, 0.6) is 0 Å². The molecule has 4 heteroatoms. The summed E-state index contributed by atoms with van der Waals surface area (Å²) < 4.78 is 0. The number of hydrogen-bond acceptors (Lipinski definition) is 3. The predicted octanol–water partition coefficient (Wildman–Crippen LogP) is 3.52. The first-order chi connectivity index (χ1) is 8.33. The van der Waals surface area contributed by atoms with Crippen LogP contribution in [0.3, 0.4) is 0 Å². The minimum Gasteiger partial charge on any atom is -0.340 e. The third-order valence-corrected chi connectivity index (χ3v) is 2.80. The molecular weight excluding hydrogens is 234 g/mol. The number of hydrogen-bond donors (Lipinski definition) is 1. The molecule has 0 aliphatic carbocycles. The Morgan fingerprint density at radius 2 is 2.06 bits per heavy atom. The molecule has 0 atom stereocenters. The van der Waals surface area contributed by atoms with E-state index in [4.69, 9.17) is 11.6 Å². The molecule has 0 fully saturated rings. The second-order valence-corrected chi connectivity index (χ2v) is 3.93. The second kappa shape index (κ2) is 5.64. The number of para-hydroxylation sites is 1. The zero-order valence-electron chi connectivity index (χ0n) is 9.65. The fraction of sp³-hybridized carbons (Fsp3) is 0.231. The van der Waals surface area contributed by atoms with Crippen molar-refractivity contribution in [1.29, 1.82) is 0 Å². The van der Waals surface area contributed by atoms with Gasteiger partial charge in [-0.15, -0.1) is 11.6 Å². The normalized spacial score (nSPS) is 10.2. The van der Waals surface area contributed by atoms with Gasteiger partial charge in [0.15, 0.2) is 0 Å². The van der Waals surface area contributed by atoms with Crippen LogP contribution in [0.1, 0.15) is 18.2 Å². The zero-order valence-corrected chi connectivity index (χ0v) is 10.4. The molecule has 0 bridgehead atoms. The fourth-order valence-corrected chi connectivity index (χ4v) is 1.79. The molecule has 1 heterocycles. The highest BCUT2D eigenvalue weighted by Crippen LogP contribution is 2.21. The van der Waals surface area contributed by atoms with Crippen molar-refractivity contribution in [3.63, 3.8) is 0 Å². The molecular formula is C13H14ClN3. The van der Waals surface area contributed by atoms with E-state index in [1.54, 1.807) is 6.33 Å². The molecule has 1 aromatic heterocycles. The van der Waals surface area contributed by atoms with Crippen LogP contribution >= 0.6 is 11.6 Å². The quantitative estimate of drug-likeness (QED) is 0.840. The summed E-state index contributed by atoms with van der Waals surface area (Å²) in [5.74, 6) is 1.28. The number of aromatic nitrogens is 2. The number of alkyl halides is 1. The first-order valence-corrected chi connectivity index (χ1v) is 6.08. The average Bonchev–Trinajstić information content (AvgIpc) is 2.39. The van der Waals surface area contributed by atoms with Crippen molar-refractivity contribution in [2.75, 3.05) is 5.32 Å². The summed E-state index contributed by atoms with van der Waals surface area (Å²) >= 11 is 5.88. The standard InChI is InChI=1S/C13H14ClN3/c1-2-11-7-13(16-9-15-11)17-12-6-4-3-5-10(12)8-14/h3-7,9H,2,8H2,1H3,(H,15,16,17). The molecule has 17 heavy (non-hydrogen) atoms. The number of anilines is 2. The molecule has 0 aliphatic heterocycles. The van der Waals surface area contributed by atoms with E-state index in [9.17, 15) is 0 Å². The number of rotatable bonds is 4. The molecule has 0 radical (unpaired) electrons. The van der Waals surface area contributed by atoms with E-state index in [1.807, 2.05) is 30.3 Å². The Labute approximate surface area is 106 Å². The van der Waals surface area contributed by atoms with Crippen LogP contribution in [0, 0.1) is 0 Å². The van der Waals surface area contributed by atoms with Crippen LogP contribution in [0.4, 0.5) is 11.5 Å². The largest absolute Gasteiger partial charge is 0.340 e. The maximum absolute atomic E-state index is 5.88. The lowest BCUT2D eigenvalue weighted by Gasteiger charge is -2.09. The summed E-state index contributed by atoms with van der Waals surface area (Å²) in [4.78, 5) is 8.36. The van der Waals surface area contributed by atoms with Gasteiger partial charge >= 0.3 is 0 Å². The van der Waals surface area contributed by atoms with Crippen LogP contribution in [0.15, 0.2) is 36.7 Å². The Kier molecular flexibility index (Phi) is 3.94. The zero-order chi connectivity index (χ0) is 12.1. The van der Waals surface area contributed by atoms with Crippen LogP contribution in [-0.2, 0) is 12.3 Å². The summed E-state index contributed by atoms with van der Waals surface area (Å²) in [6, 6.07) is 9.88. The van der Waals surface area contributed by atoms with Crippen molar-refractivity contribution in [2.24, 2.45) is 0 Å².